The Kier molecular flexibility index (Phi) is 5.89. The molecule has 6 heteroatoms. The number of thiazole rings is 1. The molecule has 0 atom stereocenters. The molecule has 0 bridgehead atoms. The maximum absolute atomic E-state index is 9.30. The molecule has 0 amide bonds. The molecule has 5 nitrogen and oxygen atoms in total. The number of benzene rings is 1. The molecule has 1 aliphatic heterocycles. The summed E-state index contributed by atoms with van der Waals surface area (Å²) >= 11 is 1.78. The van der Waals surface area contributed by atoms with Crippen molar-refractivity contribution in [2.45, 2.75) is 26.3 Å². The molecule has 0 N–H and O–H groups in total. The van der Waals surface area contributed by atoms with Gasteiger partial charge in [-0.15, -0.1) is 11.3 Å². The van der Waals surface area contributed by atoms with E-state index in [0.29, 0.717) is 11.5 Å². The van der Waals surface area contributed by atoms with Gasteiger partial charge in [-0.05, 0) is 23.6 Å². The number of piperazine rings is 1. The molecule has 0 unspecified atom stereocenters. The molecule has 3 aromatic rings. The van der Waals surface area contributed by atoms with Crippen molar-refractivity contribution in [3.8, 4) is 16.6 Å². The molecule has 0 spiro atoms. The van der Waals surface area contributed by atoms with E-state index >= 15 is 0 Å². The van der Waals surface area contributed by atoms with Gasteiger partial charge in [0.2, 0.25) is 0 Å². The highest BCUT2D eigenvalue weighted by atomic mass is 32.1. The van der Waals surface area contributed by atoms with Crippen LogP contribution in [-0.4, -0.2) is 41.0 Å². The van der Waals surface area contributed by atoms with Gasteiger partial charge in [0.25, 0.3) is 0 Å². The lowest BCUT2D eigenvalue weighted by Gasteiger charge is -2.35. The average molecular weight is 404 g/mol. The van der Waals surface area contributed by atoms with Crippen molar-refractivity contribution < 1.29 is 0 Å². The van der Waals surface area contributed by atoms with Crippen molar-refractivity contribution >= 4 is 17.2 Å². The third-order valence-electron chi connectivity index (χ3n) is 5.34. The number of aromatic nitrogens is 2. The summed E-state index contributed by atoms with van der Waals surface area (Å²) in [4.78, 5) is 15.0. The minimum Gasteiger partial charge on any atom is -0.353 e. The average Bonchev–Trinajstić information content (AvgIpc) is 3.23. The van der Waals surface area contributed by atoms with Crippen molar-refractivity contribution in [1.29, 1.82) is 5.26 Å². The van der Waals surface area contributed by atoms with Crippen LogP contribution < -0.4 is 4.90 Å². The van der Waals surface area contributed by atoms with Gasteiger partial charge in [0.15, 0.2) is 0 Å². The van der Waals surface area contributed by atoms with Gasteiger partial charge < -0.3 is 4.90 Å². The summed E-state index contributed by atoms with van der Waals surface area (Å²) in [6.07, 6.45) is 3.77. The Labute approximate surface area is 176 Å². The molecule has 1 aliphatic rings. The summed E-state index contributed by atoms with van der Waals surface area (Å²) in [6.45, 7) is 9.02. The van der Waals surface area contributed by atoms with Gasteiger partial charge in [-0.25, -0.2) is 9.97 Å². The molecule has 148 valence electrons. The smallest absolute Gasteiger partial charge is 0.146 e. The predicted octanol–water partition coefficient (Wildman–Crippen LogP) is 4.52. The van der Waals surface area contributed by atoms with E-state index < -0.39 is 0 Å². The van der Waals surface area contributed by atoms with Crippen LogP contribution in [0.3, 0.4) is 0 Å². The molecule has 0 saturated carbocycles. The molecule has 4 rings (SSSR count). The van der Waals surface area contributed by atoms with Crippen LogP contribution in [0.2, 0.25) is 0 Å². The number of pyridine rings is 1. The van der Waals surface area contributed by atoms with Crippen molar-refractivity contribution in [2.24, 2.45) is 0 Å². The van der Waals surface area contributed by atoms with Crippen molar-refractivity contribution in [2.75, 3.05) is 31.1 Å². The Morgan fingerprint density at radius 2 is 1.83 bits per heavy atom. The van der Waals surface area contributed by atoms with E-state index in [1.54, 1.807) is 17.5 Å². The van der Waals surface area contributed by atoms with E-state index in [-0.39, 0.29) is 0 Å². The van der Waals surface area contributed by atoms with Gasteiger partial charge in [-0.3, -0.25) is 4.90 Å². The third kappa shape index (κ3) is 4.47. The molecular weight excluding hydrogens is 378 g/mol. The molecular formula is C23H25N5S. The fourth-order valence-corrected chi connectivity index (χ4v) is 4.56. The zero-order valence-electron chi connectivity index (χ0n) is 16.9. The van der Waals surface area contributed by atoms with Crippen molar-refractivity contribution in [3.63, 3.8) is 0 Å². The number of anilines is 1. The van der Waals surface area contributed by atoms with Gasteiger partial charge in [0.05, 0.1) is 5.56 Å². The standard InChI is InChI=1S/C23H25N5S/c1-17(2)18-5-7-19(8-6-18)23-26-15-21(29-23)16-27-10-12-28(13-11-27)22-20(14-24)4-3-9-25-22/h3-9,15,17H,10-13,16H2,1-2H3. The van der Waals surface area contributed by atoms with E-state index in [0.717, 1.165) is 43.5 Å². The second kappa shape index (κ2) is 8.73. The SMILES string of the molecule is CC(C)c1ccc(-c2ncc(CN3CCN(c4ncccc4C#N)CC3)s2)cc1. The minimum atomic E-state index is 0.546. The fourth-order valence-electron chi connectivity index (χ4n) is 3.60. The first-order valence-electron chi connectivity index (χ1n) is 10.0. The summed E-state index contributed by atoms with van der Waals surface area (Å²) in [6, 6.07) is 14.7. The van der Waals surface area contributed by atoms with Gasteiger partial charge in [0, 0.05) is 55.6 Å². The number of hydrogen-bond donors (Lipinski definition) is 0. The van der Waals surface area contributed by atoms with Crippen LogP contribution in [0.5, 0.6) is 0 Å². The lowest BCUT2D eigenvalue weighted by Crippen LogP contribution is -2.46. The van der Waals surface area contributed by atoms with E-state index in [9.17, 15) is 5.26 Å². The quantitative estimate of drug-likeness (QED) is 0.627. The molecule has 0 aliphatic carbocycles. The van der Waals surface area contributed by atoms with Crippen LogP contribution >= 0.6 is 11.3 Å². The first-order chi connectivity index (χ1) is 14.1. The maximum atomic E-state index is 9.30. The topological polar surface area (TPSA) is 56.1 Å². The second-order valence-corrected chi connectivity index (χ2v) is 8.77. The Balaban J connectivity index is 1.36. The van der Waals surface area contributed by atoms with Crippen molar-refractivity contribution in [1.82, 2.24) is 14.9 Å². The fraction of sp³-hybridized carbons (Fsp3) is 0.348. The van der Waals surface area contributed by atoms with Crippen LogP contribution in [0.1, 0.15) is 35.8 Å². The predicted molar refractivity (Wildman–Crippen MR) is 118 cm³/mol. The molecule has 2 aromatic heterocycles. The number of nitrogens with zero attached hydrogens (tertiary/aromatic N) is 5. The number of hydrogen-bond acceptors (Lipinski definition) is 6. The maximum Gasteiger partial charge on any atom is 0.146 e. The highest BCUT2D eigenvalue weighted by molar-refractivity contribution is 7.15. The summed E-state index contributed by atoms with van der Waals surface area (Å²) in [7, 11) is 0. The largest absolute Gasteiger partial charge is 0.353 e. The number of rotatable bonds is 5. The molecule has 0 radical (unpaired) electrons. The van der Waals surface area contributed by atoms with E-state index in [1.807, 2.05) is 18.3 Å². The Morgan fingerprint density at radius 1 is 1.07 bits per heavy atom. The van der Waals surface area contributed by atoms with Gasteiger partial charge in [0.1, 0.15) is 16.9 Å². The van der Waals surface area contributed by atoms with Crippen LogP contribution in [0.15, 0.2) is 48.8 Å². The van der Waals surface area contributed by atoms with Crippen LogP contribution in [0, 0.1) is 11.3 Å². The minimum absolute atomic E-state index is 0.546. The summed E-state index contributed by atoms with van der Waals surface area (Å²) in [5.74, 6) is 1.35. The first-order valence-corrected chi connectivity index (χ1v) is 10.8. The zero-order valence-corrected chi connectivity index (χ0v) is 17.7. The Hall–Kier alpha value is -2.75. The second-order valence-electron chi connectivity index (χ2n) is 7.66. The molecule has 1 aromatic carbocycles. The van der Waals surface area contributed by atoms with E-state index in [2.05, 4.69) is 63.9 Å². The Bertz CT molecular complexity index is 995. The number of nitriles is 1. The molecule has 1 saturated heterocycles. The highest BCUT2D eigenvalue weighted by Gasteiger charge is 2.20. The van der Waals surface area contributed by atoms with E-state index in [1.165, 1.54) is 16.0 Å². The Morgan fingerprint density at radius 3 is 2.52 bits per heavy atom. The van der Waals surface area contributed by atoms with Gasteiger partial charge in [-0.1, -0.05) is 38.1 Å². The lowest BCUT2D eigenvalue weighted by atomic mass is 10.0. The normalized spacial score (nSPS) is 14.9. The monoisotopic (exact) mass is 403 g/mol. The highest BCUT2D eigenvalue weighted by Crippen LogP contribution is 2.28. The van der Waals surface area contributed by atoms with Gasteiger partial charge in [-0.2, -0.15) is 5.26 Å². The van der Waals surface area contributed by atoms with E-state index in [4.69, 9.17) is 0 Å². The summed E-state index contributed by atoms with van der Waals surface area (Å²) < 4.78 is 0. The zero-order chi connectivity index (χ0) is 20.2. The first kappa shape index (κ1) is 19.6. The molecule has 3 heterocycles. The third-order valence-corrected chi connectivity index (χ3v) is 6.37. The van der Waals surface area contributed by atoms with Crippen molar-refractivity contribution in [3.05, 3.63) is 64.8 Å². The lowest BCUT2D eigenvalue weighted by molar-refractivity contribution is 0.251. The van der Waals surface area contributed by atoms with Gasteiger partial charge >= 0.3 is 0 Å². The summed E-state index contributed by atoms with van der Waals surface area (Å²) in [5.41, 5.74) is 3.20. The molecule has 1 fully saturated rings. The summed E-state index contributed by atoms with van der Waals surface area (Å²) in [5, 5.41) is 10.4. The van der Waals surface area contributed by atoms with Crippen LogP contribution in [0.4, 0.5) is 5.82 Å². The molecule has 29 heavy (non-hydrogen) atoms. The van der Waals surface area contributed by atoms with Crippen LogP contribution in [0.25, 0.3) is 10.6 Å². The van der Waals surface area contributed by atoms with Crippen LogP contribution in [-0.2, 0) is 6.54 Å².